The first-order valence-corrected chi connectivity index (χ1v) is 10.9. The number of hydrogen-bond donors (Lipinski definition) is 1. The predicted octanol–water partition coefficient (Wildman–Crippen LogP) is 0.933. The summed E-state index contributed by atoms with van der Waals surface area (Å²) in [5.41, 5.74) is 8.18. The molecular weight excluding hydrogens is 402 g/mol. The van der Waals surface area contributed by atoms with Crippen LogP contribution in [0.25, 0.3) is 0 Å². The highest BCUT2D eigenvalue weighted by molar-refractivity contribution is 7.86. The zero-order valence-electron chi connectivity index (χ0n) is 16.8. The zero-order valence-corrected chi connectivity index (χ0v) is 17.6. The van der Waals surface area contributed by atoms with Gasteiger partial charge in [-0.3, -0.25) is 4.90 Å². The summed E-state index contributed by atoms with van der Waals surface area (Å²) < 4.78 is 60.1. The lowest BCUT2D eigenvalue weighted by molar-refractivity contribution is 0.0554. The van der Waals surface area contributed by atoms with Crippen LogP contribution >= 0.6 is 0 Å². The van der Waals surface area contributed by atoms with Gasteiger partial charge in [-0.2, -0.15) is 17.0 Å². The standard InChI is InChI=1S/C19H28F2N4O3S/c1-23(2)29(26,27)25-10-15-8-24(9-16(15)11-25)18(5-6-22)13-28-12-14-7-17(20)3-4-19(14)21/h3-4,7,18H,5-6,8-13,22H2,1-2H3. The molecule has 2 heterocycles. The summed E-state index contributed by atoms with van der Waals surface area (Å²) in [4.78, 5) is 2.22. The minimum Gasteiger partial charge on any atom is -0.375 e. The molecule has 0 aliphatic carbocycles. The topological polar surface area (TPSA) is 79.1 Å². The van der Waals surface area contributed by atoms with Gasteiger partial charge in [-0.25, -0.2) is 8.78 Å². The Morgan fingerprint density at radius 2 is 1.83 bits per heavy atom. The van der Waals surface area contributed by atoms with Crippen LogP contribution in [0.2, 0.25) is 0 Å². The zero-order chi connectivity index (χ0) is 21.2. The second-order valence-electron chi connectivity index (χ2n) is 7.65. The molecular formula is C19H28F2N4O3S. The van der Waals surface area contributed by atoms with Crippen molar-refractivity contribution in [2.24, 2.45) is 5.73 Å². The molecule has 0 spiro atoms. The Bertz CT molecular complexity index is 858. The average molecular weight is 431 g/mol. The van der Waals surface area contributed by atoms with E-state index in [-0.39, 0.29) is 18.2 Å². The summed E-state index contributed by atoms with van der Waals surface area (Å²) in [7, 11) is -0.366. The maximum Gasteiger partial charge on any atom is 0.282 e. The van der Waals surface area contributed by atoms with E-state index < -0.39 is 21.8 Å². The van der Waals surface area contributed by atoms with E-state index in [9.17, 15) is 17.2 Å². The van der Waals surface area contributed by atoms with Crippen LogP contribution in [-0.2, 0) is 21.6 Å². The molecule has 1 aromatic carbocycles. The molecule has 2 N–H and O–H groups in total. The van der Waals surface area contributed by atoms with Crippen molar-refractivity contribution in [3.05, 3.63) is 46.5 Å². The Hall–Kier alpha value is -1.43. The van der Waals surface area contributed by atoms with Crippen molar-refractivity contribution in [1.29, 1.82) is 0 Å². The summed E-state index contributed by atoms with van der Waals surface area (Å²) in [5.74, 6) is -0.994. The van der Waals surface area contributed by atoms with Crippen molar-refractivity contribution in [3.63, 3.8) is 0 Å². The predicted molar refractivity (Wildman–Crippen MR) is 106 cm³/mol. The molecule has 0 saturated carbocycles. The average Bonchev–Trinajstić information content (AvgIpc) is 3.23. The normalized spacial score (nSPS) is 19.4. The Morgan fingerprint density at radius 1 is 1.17 bits per heavy atom. The van der Waals surface area contributed by atoms with Gasteiger partial charge in [0.05, 0.1) is 13.2 Å². The number of rotatable bonds is 9. The van der Waals surface area contributed by atoms with Crippen molar-refractivity contribution < 1.29 is 21.9 Å². The van der Waals surface area contributed by atoms with Crippen molar-refractivity contribution in [2.75, 3.05) is 53.4 Å². The van der Waals surface area contributed by atoms with Gasteiger partial charge < -0.3 is 10.5 Å². The first kappa shape index (κ1) is 22.3. The number of hydrogen-bond acceptors (Lipinski definition) is 5. The van der Waals surface area contributed by atoms with Crippen molar-refractivity contribution in [2.45, 2.75) is 19.1 Å². The van der Waals surface area contributed by atoms with Gasteiger partial charge in [-0.1, -0.05) is 0 Å². The van der Waals surface area contributed by atoms with Crippen LogP contribution in [0.15, 0.2) is 29.3 Å². The van der Waals surface area contributed by atoms with Crippen LogP contribution in [0.3, 0.4) is 0 Å². The van der Waals surface area contributed by atoms with Crippen molar-refractivity contribution in [3.8, 4) is 0 Å². The van der Waals surface area contributed by atoms with E-state index in [1.54, 1.807) is 0 Å². The van der Waals surface area contributed by atoms with Crippen LogP contribution in [0.1, 0.15) is 12.0 Å². The van der Waals surface area contributed by atoms with E-state index in [0.29, 0.717) is 45.8 Å². The minimum absolute atomic E-state index is 0.0134. The molecule has 2 aliphatic heterocycles. The summed E-state index contributed by atoms with van der Waals surface area (Å²) >= 11 is 0. The van der Waals surface area contributed by atoms with Crippen LogP contribution in [0, 0.1) is 11.6 Å². The summed E-state index contributed by atoms with van der Waals surface area (Å²) in [6.45, 7) is 2.93. The fraction of sp³-hybridized carbons (Fsp3) is 0.579. The quantitative estimate of drug-likeness (QED) is 0.590. The Kier molecular flexibility index (Phi) is 7.02. The number of ether oxygens (including phenoxy) is 1. The van der Waals surface area contributed by atoms with Crippen LogP contribution < -0.4 is 5.73 Å². The molecule has 162 valence electrons. The number of nitrogens with zero attached hydrogens (tertiary/aromatic N) is 3. The molecule has 0 fully saturated rings. The van der Waals surface area contributed by atoms with E-state index in [2.05, 4.69) is 4.90 Å². The summed E-state index contributed by atoms with van der Waals surface area (Å²) in [6, 6.07) is 3.33. The van der Waals surface area contributed by atoms with E-state index >= 15 is 0 Å². The molecule has 3 rings (SSSR count). The second-order valence-corrected chi connectivity index (χ2v) is 9.79. The molecule has 1 unspecified atom stereocenters. The fourth-order valence-corrected chi connectivity index (χ4v) is 4.85. The monoisotopic (exact) mass is 430 g/mol. The summed E-state index contributed by atoms with van der Waals surface area (Å²) in [6.07, 6.45) is 0.700. The number of halogens is 2. The third-order valence-electron chi connectivity index (χ3n) is 5.40. The van der Waals surface area contributed by atoms with Crippen LogP contribution in [-0.4, -0.2) is 81.4 Å². The maximum atomic E-state index is 13.7. The number of benzene rings is 1. The van der Waals surface area contributed by atoms with Gasteiger partial charge in [0.25, 0.3) is 10.2 Å². The maximum absolute atomic E-state index is 13.7. The Balaban J connectivity index is 1.55. The van der Waals surface area contributed by atoms with E-state index in [0.717, 1.165) is 29.3 Å². The lowest BCUT2D eigenvalue weighted by atomic mass is 10.2. The van der Waals surface area contributed by atoms with E-state index in [4.69, 9.17) is 10.5 Å². The van der Waals surface area contributed by atoms with Gasteiger partial charge in [0.2, 0.25) is 0 Å². The molecule has 29 heavy (non-hydrogen) atoms. The highest BCUT2D eigenvalue weighted by Gasteiger charge is 2.38. The summed E-state index contributed by atoms with van der Waals surface area (Å²) in [5, 5.41) is 0. The van der Waals surface area contributed by atoms with Gasteiger partial charge in [0, 0.05) is 51.9 Å². The highest BCUT2D eigenvalue weighted by atomic mass is 32.2. The smallest absolute Gasteiger partial charge is 0.282 e. The second kappa shape index (κ2) is 9.15. The largest absolute Gasteiger partial charge is 0.375 e. The molecule has 10 heteroatoms. The van der Waals surface area contributed by atoms with Crippen LogP contribution in [0.5, 0.6) is 0 Å². The molecule has 0 saturated heterocycles. The third-order valence-corrected chi connectivity index (χ3v) is 7.24. The molecule has 0 amide bonds. The molecule has 2 aliphatic rings. The first-order chi connectivity index (χ1) is 13.7. The first-order valence-electron chi connectivity index (χ1n) is 9.55. The van der Waals surface area contributed by atoms with Crippen LogP contribution in [0.4, 0.5) is 8.78 Å². The molecule has 1 atom stereocenters. The minimum atomic E-state index is -3.42. The van der Waals surface area contributed by atoms with Gasteiger partial charge in [0.15, 0.2) is 0 Å². The van der Waals surface area contributed by atoms with E-state index in [1.165, 1.54) is 22.7 Å². The van der Waals surface area contributed by atoms with Gasteiger partial charge in [0.1, 0.15) is 11.6 Å². The SMILES string of the molecule is CN(C)S(=O)(=O)N1CC2=C(CN(C(CCN)COCc3cc(F)ccc3F)C2)C1. The Morgan fingerprint density at radius 3 is 2.41 bits per heavy atom. The van der Waals surface area contributed by atoms with Gasteiger partial charge >= 0.3 is 0 Å². The Labute approximate surface area is 170 Å². The van der Waals surface area contributed by atoms with E-state index in [1.807, 2.05) is 0 Å². The lowest BCUT2D eigenvalue weighted by Crippen LogP contribution is -2.43. The molecule has 7 nitrogen and oxygen atoms in total. The third kappa shape index (κ3) is 5.01. The molecule has 0 radical (unpaired) electrons. The highest BCUT2D eigenvalue weighted by Crippen LogP contribution is 2.29. The molecule has 0 bridgehead atoms. The van der Waals surface area contributed by atoms with Crippen molar-refractivity contribution >= 4 is 10.2 Å². The van der Waals surface area contributed by atoms with Gasteiger partial charge in [-0.15, -0.1) is 0 Å². The fourth-order valence-electron chi connectivity index (χ4n) is 3.75. The number of nitrogens with two attached hydrogens (primary N) is 1. The molecule has 0 aromatic heterocycles. The molecule has 1 aromatic rings. The van der Waals surface area contributed by atoms with Gasteiger partial charge in [-0.05, 0) is 42.3 Å². The lowest BCUT2D eigenvalue weighted by Gasteiger charge is -2.30. The van der Waals surface area contributed by atoms with Crippen molar-refractivity contribution in [1.82, 2.24) is 13.5 Å².